The first-order valence-electron chi connectivity index (χ1n) is 8.10. The van der Waals surface area contributed by atoms with Crippen molar-refractivity contribution in [1.82, 2.24) is 14.9 Å². The molecule has 1 aromatic carbocycles. The molecule has 1 fully saturated rings. The largest absolute Gasteiger partial charge is 0.454 e. The van der Waals surface area contributed by atoms with Crippen molar-refractivity contribution in [2.45, 2.75) is 32.0 Å². The van der Waals surface area contributed by atoms with Gasteiger partial charge < -0.3 is 24.1 Å². The van der Waals surface area contributed by atoms with Gasteiger partial charge in [0.05, 0.1) is 11.6 Å². The standard InChI is InChI=1S/C17H19N3O4/c1-2-20-8-7-18-16(20)15-12(6-9-22-15)19-17(21)11-4-3-5-13-14(11)24-10-23-13/h3-5,7-8,12,15H,2,6,9-10H2,1H3,(H,19,21)/t12-,15-/m0/s1. The molecule has 4 rings (SSSR count). The number of amides is 1. The Bertz CT molecular complexity index is 758. The van der Waals surface area contributed by atoms with Gasteiger partial charge >= 0.3 is 0 Å². The summed E-state index contributed by atoms with van der Waals surface area (Å²) < 4.78 is 18.6. The Morgan fingerprint density at radius 2 is 2.33 bits per heavy atom. The van der Waals surface area contributed by atoms with E-state index in [9.17, 15) is 4.79 Å². The van der Waals surface area contributed by atoms with E-state index < -0.39 is 0 Å². The van der Waals surface area contributed by atoms with E-state index in [1.165, 1.54) is 0 Å². The predicted octanol–water partition coefficient (Wildman–Crippen LogP) is 1.89. The van der Waals surface area contributed by atoms with Crippen molar-refractivity contribution in [2.75, 3.05) is 13.4 Å². The Labute approximate surface area is 139 Å². The van der Waals surface area contributed by atoms with E-state index in [0.717, 1.165) is 18.8 Å². The molecule has 1 N–H and O–H groups in total. The highest BCUT2D eigenvalue weighted by Gasteiger charge is 2.35. The van der Waals surface area contributed by atoms with Gasteiger partial charge in [-0.2, -0.15) is 0 Å². The molecule has 2 aromatic rings. The van der Waals surface area contributed by atoms with Crippen LogP contribution < -0.4 is 14.8 Å². The van der Waals surface area contributed by atoms with Crippen molar-refractivity contribution in [3.8, 4) is 11.5 Å². The molecule has 0 saturated carbocycles. The highest BCUT2D eigenvalue weighted by atomic mass is 16.7. The normalized spacial score (nSPS) is 21.9. The number of carbonyl (C=O) groups excluding carboxylic acids is 1. The Morgan fingerprint density at radius 3 is 3.21 bits per heavy atom. The Balaban J connectivity index is 1.54. The number of carbonyl (C=O) groups is 1. The molecule has 1 saturated heterocycles. The van der Waals surface area contributed by atoms with Crippen LogP contribution in [0.3, 0.4) is 0 Å². The summed E-state index contributed by atoms with van der Waals surface area (Å²) in [5.74, 6) is 1.76. The lowest BCUT2D eigenvalue weighted by Gasteiger charge is -2.20. The van der Waals surface area contributed by atoms with Gasteiger partial charge in [0.15, 0.2) is 11.5 Å². The number of benzene rings is 1. The predicted molar refractivity (Wildman–Crippen MR) is 85.0 cm³/mol. The fourth-order valence-corrected chi connectivity index (χ4v) is 3.19. The van der Waals surface area contributed by atoms with Crippen LogP contribution in [-0.2, 0) is 11.3 Å². The minimum absolute atomic E-state index is 0.122. The summed E-state index contributed by atoms with van der Waals surface area (Å²) >= 11 is 0. The number of aryl methyl sites for hydroxylation is 1. The maximum atomic E-state index is 12.7. The minimum atomic E-state index is -0.238. The van der Waals surface area contributed by atoms with Crippen LogP contribution in [0, 0.1) is 0 Å². The third-order valence-corrected chi connectivity index (χ3v) is 4.39. The number of aromatic nitrogens is 2. The lowest BCUT2D eigenvalue weighted by Crippen LogP contribution is -2.37. The molecule has 0 spiro atoms. The number of rotatable bonds is 4. The fourth-order valence-electron chi connectivity index (χ4n) is 3.19. The average molecular weight is 329 g/mol. The van der Waals surface area contributed by atoms with Crippen molar-refractivity contribution >= 4 is 5.91 Å². The molecule has 1 amide bonds. The molecule has 0 aliphatic carbocycles. The molecular formula is C17H19N3O4. The summed E-state index contributed by atoms with van der Waals surface area (Å²) in [5, 5.41) is 3.06. The van der Waals surface area contributed by atoms with Crippen LogP contribution in [0.15, 0.2) is 30.6 Å². The first-order valence-corrected chi connectivity index (χ1v) is 8.10. The third kappa shape index (κ3) is 2.50. The van der Waals surface area contributed by atoms with Crippen molar-refractivity contribution in [3.05, 3.63) is 42.0 Å². The van der Waals surface area contributed by atoms with Crippen LogP contribution in [0.1, 0.15) is 35.6 Å². The molecule has 2 aliphatic rings. The average Bonchev–Trinajstić information content (AvgIpc) is 3.33. The molecule has 126 valence electrons. The molecule has 2 atom stereocenters. The van der Waals surface area contributed by atoms with Gasteiger partial charge in [-0.25, -0.2) is 4.98 Å². The smallest absolute Gasteiger partial charge is 0.255 e. The lowest BCUT2D eigenvalue weighted by atomic mass is 10.1. The number of para-hydroxylation sites is 1. The minimum Gasteiger partial charge on any atom is -0.454 e. The Morgan fingerprint density at radius 1 is 1.42 bits per heavy atom. The van der Waals surface area contributed by atoms with E-state index in [4.69, 9.17) is 14.2 Å². The number of ether oxygens (including phenoxy) is 3. The molecule has 1 aromatic heterocycles. The number of nitrogens with zero attached hydrogens (tertiary/aromatic N) is 2. The zero-order valence-electron chi connectivity index (χ0n) is 13.4. The topological polar surface area (TPSA) is 74.6 Å². The van der Waals surface area contributed by atoms with Gasteiger partial charge in [0.2, 0.25) is 6.79 Å². The van der Waals surface area contributed by atoms with Gasteiger partial charge in [-0.05, 0) is 25.5 Å². The van der Waals surface area contributed by atoms with Crippen molar-refractivity contribution in [1.29, 1.82) is 0 Å². The maximum absolute atomic E-state index is 12.7. The quantitative estimate of drug-likeness (QED) is 0.927. The van der Waals surface area contributed by atoms with E-state index in [2.05, 4.69) is 17.2 Å². The summed E-state index contributed by atoms with van der Waals surface area (Å²) in [6.07, 6.45) is 4.19. The number of hydrogen-bond acceptors (Lipinski definition) is 5. The van der Waals surface area contributed by atoms with Gasteiger partial charge in [-0.3, -0.25) is 4.79 Å². The molecule has 7 heteroatoms. The molecule has 7 nitrogen and oxygen atoms in total. The monoisotopic (exact) mass is 329 g/mol. The molecule has 24 heavy (non-hydrogen) atoms. The summed E-state index contributed by atoms with van der Waals surface area (Å²) in [6.45, 7) is 3.60. The van der Waals surface area contributed by atoms with Crippen molar-refractivity contribution in [3.63, 3.8) is 0 Å². The number of hydrogen-bond donors (Lipinski definition) is 1. The Hall–Kier alpha value is -2.54. The van der Waals surface area contributed by atoms with Gasteiger partial charge in [-0.1, -0.05) is 6.07 Å². The van der Waals surface area contributed by atoms with Gasteiger partial charge in [0.1, 0.15) is 11.9 Å². The highest BCUT2D eigenvalue weighted by Crippen LogP contribution is 2.36. The van der Waals surface area contributed by atoms with Gasteiger partial charge in [0, 0.05) is 25.5 Å². The lowest BCUT2D eigenvalue weighted by molar-refractivity contribution is 0.0773. The molecule has 0 radical (unpaired) electrons. The van der Waals surface area contributed by atoms with Crippen LogP contribution in [-0.4, -0.2) is 34.9 Å². The van der Waals surface area contributed by atoms with Crippen LogP contribution in [0.25, 0.3) is 0 Å². The van der Waals surface area contributed by atoms with Gasteiger partial charge in [-0.15, -0.1) is 0 Å². The van der Waals surface area contributed by atoms with E-state index in [-0.39, 0.29) is 24.8 Å². The summed E-state index contributed by atoms with van der Waals surface area (Å²) in [4.78, 5) is 17.1. The zero-order chi connectivity index (χ0) is 16.5. The van der Waals surface area contributed by atoms with Crippen molar-refractivity contribution < 1.29 is 19.0 Å². The van der Waals surface area contributed by atoms with E-state index >= 15 is 0 Å². The highest BCUT2D eigenvalue weighted by molar-refractivity contribution is 5.98. The van der Waals surface area contributed by atoms with E-state index in [1.807, 2.05) is 10.8 Å². The molecule has 0 bridgehead atoms. The first-order chi connectivity index (χ1) is 11.8. The summed E-state index contributed by atoms with van der Waals surface area (Å²) in [7, 11) is 0. The van der Waals surface area contributed by atoms with Crippen LogP contribution >= 0.6 is 0 Å². The summed E-state index contributed by atoms with van der Waals surface area (Å²) in [5.41, 5.74) is 0.481. The van der Waals surface area contributed by atoms with Crippen LogP contribution in [0.5, 0.6) is 11.5 Å². The zero-order valence-corrected chi connectivity index (χ0v) is 13.4. The summed E-state index contributed by atoms with van der Waals surface area (Å²) in [6, 6.07) is 5.19. The van der Waals surface area contributed by atoms with Crippen LogP contribution in [0.4, 0.5) is 0 Å². The maximum Gasteiger partial charge on any atom is 0.255 e. The second kappa shape index (κ2) is 6.16. The molecule has 3 heterocycles. The number of imidazole rings is 1. The third-order valence-electron chi connectivity index (χ3n) is 4.39. The van der Waals surface area contributed by atoms with Crippen molar-refractivity contribution in [2.24, 2.45) is 0 Å². The second-order valence-electron chi connectivity index (χ2n) is 5.77. The number of nitrogens with one attached hydrogen (secondary N) is 1. The van der Waals surface area contributed by atoms with E-state index in [1.54, 1.807) is 24.4 Å². The Kier molecular flexibility index (Phi) is 3.86. The SMILES string of the molecule is CCn1ccnc1[C@H]1OCC[C@@H]1NC(=O)c1cccc2c1OCO2. The number of fused-ring (bicyclic) bond motifs is 1. The second-order valence-corrected chi connectivity index (χ2v) is 5.77. The van der Waals surface area contributed by atoms with Gasteiger partial charge in [0.25, 0.3) is 5.91 Å². The fraction of sp³-hybridized carbons (Fsp3) is 0.412. The van der Waals surface area contributed by atoms with E-state index in [0.29, 0.717) is 23.7 Å². The molecule has 2 aliphatic heterocycles. The first kappa shape index (κ1) is 15.0. The van der Waals surface area contributed by atoms with Crippen LogP contribution in [0.2, 0.25) is 0 Å². The molecule has 0 unspecified atom stereocenters. The molecular weight excluding hydrogens is 310 g/mol.